The van der Waals surface area contributed by atoms with Crippen molar-refractivity contribution in [2.24, 2.45) is 5.14 Å². The van der Waals surface area contributed by atoms with E-state index in [-0.39, 0.29) is 23.5 Å². The van der Waals surface area contributed by atoms with E-state index >= 15 is 0 Å². The highest BCUT2D eigenvalue weighted by Crippen LogP contribution is 2.14. The molecule has 27 heavy (non-hydrogen) atoms. The minimum absolute atomic E-state index is 0.0107. The largest absolute Gasteiger partial charge is 0.452 e. The summed E-state index contributed by atoms with van der Waals surface area (Å²) >= 11 is 0. The van der Waals surface area contributed by atoms with Gasteiger partial charge in [-0.3, -0.25) is 9.59 Å². The van der Waals surface area contributed by atoms with E-state index in [1.54, 1.807) is 18.5 Å². The summed E-state index contributed by atoms with van der Waals surface area (Å²) < 4.78 is 27.7. The average Bonchev–Trinajstić information content (AvgIpc) is 2.62. The van der Waals surface area contributed by atoms with Crippen LogP contribution in [0, 0.1) is 0 Å². The Morgan fingerprint density at radius 3 is 2.59 bits per heavy atom. The number of anilines is 2. The number of ether oxygens (including phenoxy) is 1. The first kappa shape index (κ1) is 20.3. The molecule has 1 aromatic carbocycles. The van der Waals surface area contributed by atoms with E-state index in [2.05, 4.69) is 20.6 Å². The molecule has 0 fully saturated rings. The number of rotatable bonds is 8. The highest BCUT2D eigenvalue weighted by atomic mass is 32.2. The molecule has 1 aromatic heterocycles. The lowest BCUT2D eigenvalue weighted by Gasteiger charge is -2.14. The Morgan fingerprint density at radius 2 is 1.93 bits per heavy atom. The van der Waals surface area contributed by atoms with Gasteiger partial charge in [0.25, 0.3) is 5.91 Å². The predicted molar refractivity (Wildman–Crippen MR) is 97.1 cm³/mol. The molecule has 0 aliphatic rings. The third-order valence-electron chi connectivity index (χ3n) is 3.29. The Kier molecular flexibility index (Phi) is 6.79. The summed E-state index contributed by atoms with van der Waals surface area (Å²) in [5.74, 6) is -0.806. The first-order valence-corrected chi connectivity index (χ1v) is 9.44. The van der Waals surface area contributed by atoms with Gasteiger partial charge in [-0.15, -0.1) is 0 Å². The summed E-state index contributed by atoms with van der Waals surface area (Å²) in [6.45, 7) is 1.65. The number of carbonyl (C=O) groups is 2. The second-order valence-corrected chi connectivity index (χ2v) is 7.00. The SMILES string of the molecule is CC(OC(=O)CCNc1ncccn1)C(=O)Nc1cccc(S(N)(=O)=O)c1. The fourth-order valence-corrected chi connectivity index (χ4v) is 2.53. The van der Waals surface area contributed by atoms with Crippen LogP contribution < -0.4 is 15.8 Å². The zero-order chi connectivity index (χ0) is 19.9. The number of nitrogens with zero attached hydrogens (tertiary/aromatic N) is 2. The first-order valence-electron chi connectivity index (χ1n) is 7.90. The quantitative estimate of drug-likeness (QED) is 0.548. The number of nitrogens with one attached hydrogen (secondary N) is 2. The first-order chi connectivity index (χ1) is 12.8. The molecule has 144 valence electrons. The molecular formula is C16H19N5O5S. The number of benzene rings is 1. The lowest BCUT2D eigenvalue weighted by atomic mass is 10.3. The number of hydrogen-bond donors (Lipinski definition) is 3. The number of amides is 1. The Morgan fingerprint density at radius 1 is 1.22 bits per heavy atom. The molecule has 0 aliphatic heterocycles. The molecular weight excluding hydrogens is 374 g/mol. The summed E-state index contributed by atoms with van der Waals surface area (Å²) in [4.78, 5) is 31.7. The Labute approximate surface area is 156 Å². The molecule has 10 nitrogen and oxygen atoms in total. The van der Waals surface area contributed by atoms with E-state index in [0.717, 1.165) is 0 Å². The minimum atomic E-state index is -3.89. The van der Waals surface area contributed by atoms with Crippen molar-refractivity contribution in [2.45, 2.75) is 24.3 Å². The maximum atomic E-state index is 12.1. The van der Waals surface area contributed by atoms with E-state index in [9.17, 15) is 18.0 Å². The van der Waals surface area contributed by atoms with Gasteiger partial charge < -0.3 is 15.4 Å². The Balaban J connectivity index is 1.82. The molecule has 1 atom stereocenters. The topological polar surface area (TPSA) is 153 Å². The van der Waals surface area contributed by atoms with Crippen molar-refractivity contribution in [1.29, 1.82) is 0 Å². The van der Waals surface area contributed by atoms with Crippen molar-refractivity contribution < 1.29 is 22.7 Å². The second kappa shape index (κ2) is 9.05. The van der Waals surface area contributed by atoms with Gasteiger partial charge >= 0.3 is 5.97 Å². The highest BCUT2D eigenvalue weighted by Gasteiger charge is 2.18. The molecule has 0 spiro atoms. The highest BCUT2D eigenvalue weighted by molar-refractivity contribution is 7.89. The van der Waals surface area contributed by atoms with Crippen molar-refractivity contribution in [3.05, 3.63) is 42.7 Å². The lowest BCUT2D eigenvalue weighted by molar-refractivity contribution is -0.152. The van der Waals surface area contributed by atoms with Gasteiger partial charge in [0, 0.05) is 24.6 Å². The third kappa shape index (κ3) is 6.64. The number of esters is 1. The number of primary sulfonamides is 1. The van der Waals surface area contributed by atoms with Crippen molar-refractivity contribution in [3.63, 3.8) is 0 Å². The van der Waals surface area contributed by atoms with Gasteiger partial charge in [0.1, 0.15) is 0 Å². The van der Waals surface area contributed by atoms with Gasteiger partial charge in [-0.05, 0) is 31.2 Å². The van der Waals surface area contributed by atoms with E-state index in [1.807, 2.05) is 0 Å². The fourth-order valence-electron chi connectivity index (χ4n) is 1.97. The van der Waals surface area contributed by atoms with Gasteiger partial charge in [0.2, 0.25) is 16.0 Å². The predicted octanol–water partition coefficient (Wildman–Crippen LogP) is 0.496. The monoisotopic (exact) mass is 393 g/mol. The Hall–Kier alpha value is -3.05. The van der Waals surface area contributed by atoms with E-state index < -0.39 is 28.0 Å². The molecule has 0 radical (unpaired) electrons. The smallest absolute Gasteiger partial charge is 0.308 e. The zero-order valence-corrected chi connectivity index (χ0v) is 15.3. The summed E-state index contributed by atoms with van der Waals surface area (Å²) in [5.41, 5.74) is 0.220. The summed E-state index contributed by atoms with van der Waals surface area (Å²) in [5, 5.41) is 10.4. The van der Waals surface area contributed by atoms with Crippen LogP contribution in [0.25, 0.3) is 0 Å². The van der Waals surface area contributed by atoms with Crippen LogP contribution in [-0.2, 0) is 24.3 Å². The standard InChI is InChI=1S/C16H19N5O5S/c1-11(26-14(22)6-9-20-16-18-7-3-8-19-16)15(23)21-12-4-2-5-13(10-12)27(17,24)25/h2-5,7-8,10-11H,6,9H2,1H3,(H,21,23)(H2,17,24,25)(H,18,19,20). The molecule has 0 bridgehead atoms. The van der Waals surface area contributed by atoms with E-state index in [1.165, 1.54) is 31.2 Å². The molecule has 2 aromatic rings. The van der Waals surface area contributed by atoms with Crippen molar-refractivity contribution >= 4 is 33.5 Å². The number of carbonyl (C=O) groups excluding carboxylic acids is 2. The summed E-state index contributed by atoms with van der Waals surface area (Å²) in [6.07, 6.45) is 2.07. The second-order valence-electron chi connectivity index (χ2n) is 5.44. The maximum absolute atomic E-state index is 12.1. The molecule has 0 saturated carbocycles. The van der Waals surface area contributed by atoms with Gasteiger partial charge in [0.15, 0.2) is 6.10 Å². The lowest BCUT2D eigenvalue weighted by Crippen LogP contribution is -2.30. The molecule has 1 heterocycles. The van der Waals surface area contributed by atoms with Crippen LogP contribution in [0.15, 0.2) is 47.6 Å². The van der Waals surface area contributed by atoms with Crippen molar-refractivity contribution in [2.75, 3.05) is 17.2 Å². The van der Waals surface area contributed by atoms with Gasteiger partial charge in [-0.1, -0.05) is 6.07 Å². The van der Waals surface area contributed by atoms with E-state index in [0.29, 0.717) is 5.95 Å². The third-order valence-corrected chi connectivity index (χ3v) is 4.20. The molecule has 11 heteroatoms. The summed E-state index contributed by atoms with van der Waals surface area (Å²) in [7, 11) is -3.89. The van der Waals surface area contributed by atoms with Crippen LogP contribution >= 0.6 is 0 Å². The molecule has 1 amide bonds. The van der Waals surface area contributed by atoms with E-state index in [4.69, 9.17) is 9.88 Å². The summed E-state index contributed by atoms with van der Waals surface area (Å²) in [6, 6.07) is 7.11. The minimum Gasteiger partial charge on any atom is -0.452 e. The van der Waals surface area contributed by atoms with Crippen molar-refractivity contribution in [1.82, 2.24) is 9.97 Å². The number of aromatic nitrogens is 2. The number of sulfonamides is 1. The molecule has 1 unspecified atom stereocenters. The molecule has 0 saturated heterocycles. The van der Waals surface area contributed by atoms with Gasteiger partial charge in [0.05, 0.1) is 11.3 Å². The maximum Gasteiger partial charge on any atom is 0.308 e. The average molecular weight is 393 g/mol. The van der Waals surface area contributed by atoms with Gasteiger partial charge in [-0.25, -0.2) is 23.5 Å². The van der Waals surface area contributed by atoms with Crippen LogP contribution in [0.2, 0.25) is 0 Å². The molecule has 0 aliphatic carbocycles. The van der Waals surface area contributed by atoms with Crippen LogP contribution in [0.5, 0.6) is 0 Å². The number of nitrogens with two attached hydrogens (primary N) is 1. The Bertz CT molecular complexity index is 904. The van der Waals surface area contributed by atoms with Crippen LogP contribution in [-0.4, -0.2) is 42.9 Å². The number of hydrogen-bond acceptors (Lipinski definition) is 8. The molecule has 2 rings (SSSR count). The van der Waals surface area contributed by atoms with Crippen LogP contribution in [0.3, 0.4) is 0 Å². The normalized spacial score (nSPS) is 12.1. The van der Waals surface area contributed by atoms with Crippen LogP contribution in [0.4, 0.5) is 11.6 Å². The fraction of sp³-hybridized carbons (Fsp3) is 0.250. The van der Waals surface area contributed by atoms with Crippen molar-refractivity contribution in [3.8, 4) is 0 Å². The van der Waals surface area contributed by atoms with Gasteiger partial charge in [-0.2, -0.15) is 0 Å². The zero-order valence-electron chi connectivity index (χ0n) is 14.5. The van der Waals surface area contributed by atoms with Crippen LogP contribution in [0.1, 0.15) is 13.3 Å². The molecule has 4 N–H and O–H groups in total.